The number of amides is 1. The normalized spacial score (nSPS) is 14.2. The highest BCUT2D eigenvalue weighted by molar-refractivity contribution is 9.10. The van der Waals surface area contributed by atoms with Gasteiger partial charge in [0.05, 0.1) is 5.69 Å². The van der Waals surface area contributed by atoms with Crippen LogP contribution in [0.4, 0.5) is 0 Å². The molecule has 5 nitrogen and oxygen atoms in total. The molecule has 88 valence electrons. The highest BCUT2D eigenvalue weighted by Gasteiger charge is 2.31. The summed E-state index contributed by atoms with van der Waals surface area (Å²) in [5.74, 6) is -0.487. The standard InChI is InChI=1S/C11H10BrN3O2/c1-11(12,10(13)16)9-3-2-7(6-14-9)8-4-5-17-15-8/h2-6H,1H3,(H2,13,16). The lowest BCUT2D eigenvalue weighted by molar-refractivity contribution is -0.120. The van der Waals surface area contributed by atoms with Gasteiger partial charge in [0.15, 0.2) is 0 Å². The van der Waals surface area contributed by atoms with Crippen LogP contribution in [0.2, 0.25) is 0 Å². The average molecular weight is 296 g/mol. The number of hydrogen-bond donors (Lipinski definition) is 1. The molecule has 1 unspecified atom stereocenters. The van der Waals surface area contributed by atoms with Gasteiger partial charge in [-0.25, -0.2) is 0 Å². The second kappa shape index (κ2) is 4.29. The highest BCUT2D eigenvalue weighted by Crippen LogP contribution is 2.29. The van der Waals surface area contributed by atoms with Gasteiger partial charge in [-0.1, -0.05) is 21.1 Å². The van der Waals surface area contributed by atoms with E-state index in [-0.39, 0.29) is 0 Å². The summed E-state index contributed by atoms with van der Waals surface area (Å²) >= 11 is 3.26. The summed E-state index contributed by atoms with van der Waals surface area (Å²) in [4.78, 5) is 15.4. The van der Waals surface area contributed by atoms with Gasteiger partial charge in [0, 0.05) is 17.8 Å². The van der Waals surface area contributed by atoms with E-state index >= 15 is 0 Å². The Labute approximate surface area is 106 Å². The van der Waals surface area contributed by atoms with Gasteiger partial charge < -0.3 is 10.3 Å². The van der Waals surface area contributed by atoms with E-state index in [1.165, 1.54) is 6.26 Å². The molecule has 1 atom stereocenters. The lowest BCUT2D eigenvalue weighted by Crippen LogP contribution is -2.33. The number of nitrogens with two attached hydrogens (primary N) is 1. The van der Waals surface area contributed by atoms with E-state index in [4.69, 9.17) is 10.3 Å². The third-order valence-electron chi connectivity index (χ3n) is 2.44. The van der Waals surface area contributed by atoms with Gasteiger partial charge in [-0.05, 0) is 19.1 Å². The van der Waals surface area contributed by atoms with Crippen molar-refractivity contribution in [2.24, 2.45) is 5.73 Å². The second-order valence-electron chi connectivity index (χ2n) is 3.68. The molecule has 0 spiro atoms. The van der Waals surface area contributed by atoms with Crippen LogP contribution in [-0.2, 0) is 9.12 Å². The van der Waals surface area contributed by atoms with E-state index in [2.05, 4.69) is 26.1 Å². The van der Waals surface area contributed by atoms with E-state index < -0.39 is 10.2 Å². The molecule has 0 aliphatic carbocycles. The van der Waals surface area contributed by atoms with Gasteiger partial charge in [0.25, 0.3) is 0 Å². The SMILES string of the molecule is CC(Br)(C(N)=O)c1ccc(-c2ccon2)cn1. The topological polar surface area (TPSA) is 82.0 Å². The molecule has 0 aliphatic rings. The van der Waals surface area contributed by atoms with E-state index in [1.807, 2.05) is 6.07 Å². The lowest BCUT2D eigenvalue weighted by Gasteiger charge is -2.17. The fourth-order valence-corrected chi connectivity index (χ4v) is 1.55. The number of rotatable bonds is 3. The fraction of sp³-hybridized carbons (Fsp3) is 0.182. The van der Waals surface area contributed by atoms with Crippen LogP contribution >= 0.6 is 15.9 Å². The van der Waals surface area contributed by atoms with E-state index in [9.17, 15) is 4.79 Å². The van der Waals surface area contributed by atoms with E-state index in [1.54, 1.807) is 25.3 Å². The predicted octanol–water partition coefficient (Wildman–Crippen LogP) is 1.83. The minimum Gasteiger partial charge on any atom is -0.368 e. The maximum absolute atomic E-state index is 11.2. The summed E-state index contributed by atoms with van der Waals surface area (Å²) in [6.45, 7) is 1.66. The summed E-state index contributed by atoms with van der Waals surface area (Å²) in [6, 6.07) is 5.27. The Morgan fingerprint density at radius 3 is 2.71 bits per heavy atom. The summed E-state index contributed by atoms with van der Waals surface area (Å²) in [5, 5.41) is 3.80. The molecule has 0 radical (unpaired) electrons. The quantitative estimate of drug-likeness (QED) is 0.876. The van der Waals surface area contributed by atoms with Gasteiger partial charge >= 0.3 is 0 Å². The van der Waals surface area contributed by atoms with Crippen molar-refractivity contribution in [3.63, 3.8) is 0 Å². The van der Waals surface area contributed by atoms with Crippen LogP contribution in [0.25, 0.3) is 11.3 Å². The van der Waals surface area contributed by atoms with Gasteiger partial charge in [0.1, 0.15) is 16.3 Å². The van der Waals surface area contributed by atoms with E-state index in [0.717, 1.165) is 5.56 Å². The third-order valence-corrected chi connectivity index (χ3v) is 3.24. The second-order valence-corrected chi connectivity index (χ2v) is 5.27. The lowest BCUT2D eigenvalue weighted by atomic mass is 10.1. The Hall–Kier alpha value is -1.69. The van der Waals surface area contributed by atoms with Crippen LogP contribution in [0.1, 0.15) is 12.6 Å². The molecule has 0 aromatic carbocycles. The van der Waals surface area contributed by atoms with Gasteiger partial charge in [0.2, 0.25) is 5.91 Å². The Morgan fingerprint density at radius 2 is 2.24 bits per heavy atom. The van der Waals surface area contributed by atoms with Crippen LogP contribution in [0.3, 0.4) is 0 Å². The smallest absolute Gasteiger partial charge is 0.240 e. The highest BCUT2D eigenvalue weighted by atomic mass is 79.9. The van der Waals surface area contributed by atoms with Crippen molar-refractivity contribution in [1.29, 1.82) is 0 Å². The molecule has 0 saturated heterocycles. The van der Waals surface area contributed by atoms with Crippen molar-refractivity contribution in [3.05, 3.63) is 36.4 Å². The molecule has 17 heavy (non-hydrogen) atoms. The maximum Gasteiger partial charge on any atom is 0.240 e. The number of aromatic nitrogens is 2. The zero-order chi connectivity index (χ0) is 12.5. The number of alkyl halides is 1. The third kappa shape index (κ3) is 2.21. The molecule has 0 fully saturated rings. The molecule has 2 heterocycles. The first-order valence-electron chi connectivity index (χ1n) is 4.88. The van der Waals surface area contributed by atoms with Crippen molar-refractivity contribution in [2.75, 3.05) is 0 Å². The zero-order valence-corrected chi connectivity index (χ0v) is 10.6. The molecule has 0 saturated carbocycles. The molecule has 2 aromatic rings. The summed E-state index contributed by atoms with van der Waals surface area (Å²) in [6.07, 6.45) is 3.11. The Morgan fingerprint density at radius 1 is 1.47 bits per heavy atom. The monoisotopic (exact) mass is 295 g/mol. The number of carbonyl (C=O) groups is 1. The predicted molar refractivity (Wildman–Crippen MR) is 65.2 cm³/mol. The largest absolute Gasteiger partial charge is 0.368 e. The number of hydrogen-bond acceptors (Lipinski definition) is 4. The van der Waals surface area contributed by atoms with Crippen molar-refractivity contribution in [1.82, 2.24) is 10.1 Å². The number of halogens is 1. The van der Waals surface area contributed by atoms with E-state index in [0.29, 0.717) is 11.4 Å². The first-order chi connectivity index (χ1) is 8.01. The van der Waals surface area contributed by atoms with Crippen LogP contribution in [0.15, 0.2) is 35.2 Å². The van der Waals surface area contributed by atoms with Crippen molar-refractivity contribution < 1.29 is 9.32 Å². The molecule has 0 aliphatic heterocycles. The molecule has 2 aromatic heterocycles. The number of primary amides is 1. The molecular formula is C11H10BrN3O2. The average Bonchev–Trinajstić information content (AvgIpc) is 2.82. The fourth-order valence-electron chi connectivity index (χ4n) is 1.31. The molecule has 1 amide bonds. The summed E-state index contributed by atoms with van der Waals surface area (Å²) < 4.78 is 3.78. The maximum atomic E-state index is 11.2. The molecule has 2 rings (SSSR count). The number of carbonyl (C=O) groups excluding carboxylic acids is 1. The van der Waals surface area contributed by atoms with Crippen LogP contribution in [0.5, 0.6) is 0 Å². The first-order valence-corrected chi connectivity index (χ1v) is 5.67. The van der Waals surface area contributed by atoms with Crippen LogP contribution in [-0.4, -0.2) is 16.0 Å². The van der Waals surface area contributed by atoms with Crippen LogP contribution in [0, 0.1) is 0 Å². The Kier molecular flexibility index (Phi) is 2.97. The number of nitrogens with zero attached hydrogens (tertiary/aromatic N) is 2. The molecular weight excluding hydrogens is 286 g/mol. The Bertz CT molecular complexity index is 520. The molecule has 2 N–H and O–H groups in total. The first kappa shape index (κ1) is 11.8. The molecule has 6 heteroatoms. The van der Waals surface area contributed by atoms with Gasteiger partial charge in [-0.2, -0.15) is 0 Å². The van der Waals surface area contributed by atoms with Gasteiger partial charge in [-0.3, -0.25) is 9.78 Å². The Balaban J connectivity index is 2.34. The zero-order valence-electron chi connectivity index (χ0n) is 9.05. The van der Waals surface area contributed by atoms with Crippen LogP contribution < -0.4 is 5.73 Å². The summed E-state index contributed by atoms with van der Waals surface area (Å²) in [7, 11) is 0. The molecule has 0 bridgehead atoms. The van der Waals surface area contributed by atoms with Gasteiger partial charge in [-0.15, -0.1) is 0 Å². The summed E-state index contributed by atoms with van der Waals surface area (Å²) in [5.41, 5.74) is 7.34. The van der Waals surface area contributed by atoms with Crippen molar-refractivity contribution in [2.45, 2.75) is 11.2 Å². The minimum absolute atomic E-state index is 0.487. The number of pyridine rings is 1. The minimum atomic E-state index is -0.963. The van der Waals surface area contributed by atoms with Crippen molar-refractivity contribution >= 4 is 21.8 Å². The van der Waals surface area contributed by atoms with Crippen molar-refractivity contribution in [3.8, 4) is 11.3 Å².